The number of hydrogen-bond donors (Lipinski definition) is 0. The average molecular weight is 222 g/mol. The summed E-state index contributed by atoms with van der Waals surface area (Å²) in [5.74, 6) is 0.599. The summed E-state index contributed by atoms with van der Waals surface area (Å²) in [4.78, 5) is 4.59. The Balaban J connectivity index is 2.11. The molecule has 0 atom stereocenters. The van der Waals surface area contributed by atoms with E-state index >= 15 is 0 Å². The van der Waals surface area contributed by atoms with Gasteiger partial charge in [0, 0.05) is 17.7 Å². The van der Waals surface area contributed by atoms with Crippen LogP contribution >= 0.6 is 11.6 Å². The van der Waals surface area contributed by atoms with Crippen molar-refractivity contribution in [3.05, 3.63) is 29.2 Å². The van der Waals surface area contributed by atoms with Crippen LogP contribution in [0.2, 0.25) is 5.15 Å². The highest BCUT2D eigenvalue weighted by Crippen LogP contribution is 2.34. The van der Waals surface area contributed by atoms with E-state index in [1.165, 1.54) is 25.7 Å². The maximum absolute atomic E-state index is 6.14. The SMILES string of the molecule is Clc1cc(C2CCCC2)nc2ccnn12. The van der Waals surface area contributed by atoms with E-state index in [0.717, 1.165) is 11.3 Å². The summed E-state index contributed by atoms with van der Waals surface area (Å²) in [5.41, 5.74) is 1.98. The zero-order valence-electron chi connectivity index (χ0n) is 8.36. The van der Waals surface area contributed by atoms with Crippen molar-refractivity contribution < 1.29 is 0 Å². The highest BCUT2D eigenvalue weighted by molar-refractivity contribution is 6.29. The summed E-state index contributed by atoms with van der Waals surface area (Å²) in [6.07, 6.45) is 6.84. The van der Waals surface area contributed by atoms with Gasteiger partial charge in [-0.1, -0.05) is 24.4 Å². The summed E-state index contributed by atoms with van der Waals surface area (Å²) < 4.78 is 1.67. The van der Waals surface area contributed by atoms with Gasteiger partial charge in [0.05, 0.1) is 6.20 Å². The zero-order chi connectivity index (χ0) is 10.3. The second-order valence-electron chi connectivity index (χ2n) is 4.09. The van der Waals surface area contributed by atoms with Crippen molar-refractivity contribution in [2.45, 2.75) is 31.6 Å². The first-order valence-corrected chi connectivity index (χ1v) is 5.72. The van der Waals surface area contributed by atoms with Crippen LogP contribution in [0.1, 0.15) is 37.3 Å². The molecule has 3 nitrogen and oxygen atoms in total. The molecular formula is C11H12ClN3. The van der Waals surface area contributed by atoms with Crippen molar-refractivity contribution in [2.24, 2.45) is 0 Å². The maximum atomic E-state index is 6.14. The van der Waals surface area contributed by atoms with Crippen LogP contribution in [0.5, 0.6) is 0 Å². The normalized spacial score (nSPS) is 17.7. The molecule has 1 aliphatic rings. The van der Waals surface area contributed by atoms with Gasteiger partial charge in [0.25, 0.3) is 0 Å². The van der Waals surface area contributed by atoms with E-state index < -0.39 is 0 Å². The lowest BCUT2D eigenvalue weighted by Crippen LogP contribution is -2.00. The lowest BCUT2D eigenvalue weighted by molar-refractivity contribution is 0.694. The molecule has 1 aliphatic carbocycles. The molecule has 0 N–H and O–H groups in total. The largest absolute Gasteiger partial charge is 0.233 e. The minimum absolute atomic E-state index is 0.599. The molecule has 1 saturated carbocycles. The summed E-state index contributed by atoms with van der Waals surface area (Å²) in [6, 6.07) is 3.85. The standard InChI is InChI=1S/C11H12ClN3/c12-10-7-9(8-3-1-2-4-8)14-11-5-6-13-15(10)11/h5-8H,1-4H2. The van der Waals surface area contributed by atoms with Crippen LogP contribution < -0.4 is 0 Å². The third kappa shape index (κ3) is 1.51. The van der Waals surface area contributed by atoms with Gasteiger partial charge in [0.1, 0.15) is 5.15 Å². The van der Waals surface area contributed by atoms with E-state index in [9.17, 15) is 0 Å². The molecule has 78 valence electrons. The smallest absolute Gasteiger partial charge is 0.156 e. The molecule has 2 aromatic heterocycles. The molecule has 0 amide bonds. The summed E-state index contributed by atoms with van der Waals surface area (Å²) in [7, 11) is 0. The fourth-order valence-corrected chi connectivity index (χ4v) is 2.57. The highest BCUT2D eigenvalue weighted by Gasteiger charge is 2.19. The van der Waals surface area contributed by atoms with Crippen LogP contribution in [-0.4, -0.2) is 14.6 Å². The Morgan fingerprint density at radius 2 is 2.13 bits per heavy atom. The first-order valence-electron chi connectivity index (χ1n) is 5.35. The summed E-state index contributed by atoms with van der Waals surface area (Å²) in [5, 5.41) is 4.77. The lowest BCUT2D eigenvalue weighted by atomic mass is 10.0. The molecule has 0 aromatic carbocycles. The first-order chi connectivity index (χ1) is 7.34. The molecular weight excluding hydrogens is 210 g/mol. The van der Waals surface area contributed by atoms with Crippen molar-refractivity contribution in [1.82, 2.24) is 14.6 Å². The number of nitrogens with zero attached hydrogens (tertiary/aromatic N) is 3. The molecule has 0 radical (unpaired) electrons. The van der Waals surface area contributed by atoms with Crippen LogP contribution in [0.25, 0.3) is 5.65 Å². The molecule has 0 bridgehead atoms. The topological polar surface area (TPSA) is 30.2 Å². The minimum atomic E-state index is 0.599. The molecule has 2 aromatic rings. The van der Waals surface area contributed by atoms with E-state index in [1.807, 2.05) is 12.1 Å². The minimum Gasteiger partial charge on any atom is -0.233 e. The number of aromatic nitrogens is 3. The fourth-order valence-electron chi connectivity index (χ4n) is 2.32. The molecule has 2 heterocycles. The molecule has 0 unspecified atom stereocenters. The molecule has 4 heteroatoms. The Kier molecular flexibility index (Phi) is 2.13. The van der Waals surface area contributed by atoms with Gasteiger partial charge < -0.3 is 0 Å². The molecule has 1 fully saturated rings. The molecule has 0 aliphatic heterocycles. The van der Waals surface area contributed by atoms with Gasteiger partial charge >= 0.3 is 0 Å². The van der Waals surface area contributed by atoms with E-state index in [1.54, 1.807) is 10.7 Å². The predicted octanol–water partition coefficient (Wildman–Crippen LogP) is 3.04. The Morgan fingerprint density at radius 3 is 2.93 bits per heavy atom. The summed E-state index contributed by atoms with van der Waals surface area (Å²) in [6.45, 7) is 0. The fraction of sp³-hybridized carbons (Fsp3) is 0.455. The average Bonchev–Trinajstić information content (AvgIpc) is 2.88. The second-order valence-corrected chi connectivity index (χ2v) is 4.47. The molecule has 0 saturated heterocycles. The Bertz CT molecular complexity index is 486. The van der Waals surface area contributed by atoms with E-state index in [2.05, 4.69) is 10.1 Å². The van der Waals surface area contributed by atoms with Crippen LogP contribution in [-0.2, 0) is 0 Å². The molecule has 0 spiro atoms. The maximum Gasteiger partial charge on any atom is 0.156 e. The summed E-state index contributed by atoms with van der Waals surface area (Å²) >= 11 is 6.14. The van der Waals surface area contributed by atoms with Gasteiger partial charge in [-0.2, -0.15) is 5.10 Å². The van der Waals surface area contributed by atoms with Crippen LogP contribution in [0.3, 0.4) is 0 Å². The van der Waals surface area contributed by atoms with Crippen molar-refractivity contribution in [1.29, 1.82) is 0 Å². The lowest BCUT2D eigenvalue weighted by Gasteiger charge is -2.09. The number of halogens is 1. The third-order valence-corrected chi connectivity index (χ3v) is 3.38. The quantitative estimate of drug-likeness (QED) is 0.693. The van der Waals surface area contributed by atoms with Crippen molar-refractivity contribution >= 4 is 17.2 Å². The third-order valence-electron chi connectivity index (χ3n) is 3.11. The number of fused-ring (bicyclic) bond motifs is 1. The van der Waals surface area contributed by atoms with E-state index in [-0.39, 0.29) is 0 Å². The second kappa shape index (κ2) is 3.49. The Morgan fingerprint density at radius 1 is 1.33 bits per heavy atom. The van der Waals surface area contributed by atoms with Gasteiger partial charge in [-0.05, 0) is 18.9 Å². The monoisotopic (exact) mass is 221 g/mol. The van der Waals surface area contributed by atoms with Crippen LogP contribution in [0.4, 0.5) is 0 Å². The highest BCUT2D eigenvalue weighted by atomic mass is 35.5. The van der Waals surface area contributed by atoms with Crippen molar-refractivity contribution in [3.8, 4) is 0 Å². The predicted molar refractivity (Wildman–Crippen MR) is 59.2 cm³/mol. The van der Waals surface area contributed by atoms with Crippen molar-refractivity contribution in [3.63, 3.8) is 0 Å². The van der Waals surface area contributed by atoms with E-state index in [0.29, 0.717) is 11.1 Å². The van der Waals surface area contributed by atoms with Crippen LogP contribution in [0.15, 0.2) is 18.3 Å². The zero-order valence-corrected chi connectivity index (χ0v) is 9.11. The molecule has 3 rings (SSSR count). The Labute approximate surface area is 93.1 Å². The van der Waals surface area contributed by atoms with Gasteiger partial charge in [0.15, 0.2) is 5.65 Å². The van der Waals surface area contributed by atoms with Gasteiger partial charge in [-0.3, -0.25) is 0 Å². The van der Waals surface area contributed by atoms with Crippen LogP contribution in [0, 0.1) is 0 Å². The van der Waals surface area contributed by atoms with Crippen molar-refractivity contribution in [2.75, 3.05) is 0 Å². The van der Waals surface area contributed by atoms with E-state index in [4.69, 9.17) is 11.6 Å². The number of hydrogen-bond acceptors (Lipinski definition) is 2. The first kappa shape index (κ1) is 9.16. The van der Waals surface area contributed by atoms with Gasteiger partial charge in [0.2, 0.25) is 0 Å². The van der Waals surface area contributed by atoms with Gasteiger partial charge in [-0.15, -0.1) is 0 Å². The molecule has 15 heavy (non-hydrogen) atoms. The Hall–Kier alpha value is -1.09. The number of rotatable bonds is 1. The van der Waals surface area contributed by atoms with Gasteiger partial charge in [-0.25, -0.2) is 9.50 Å².